The van der Waals surface area contributed by atoms with Gasteiger partial charge >= 0.3 is 0 Å². The van der Waals surface area contributed by atoms with Gasteiger partial charge in [0.1, 0.15) is 11.5 Å². The van der Waals surface area contributed by atoms with Crippen LogP contribution in [0.3, 0.4) is 0 Å². The predicted molar refractivity (Wildman–Crippen MR) is 121 cm³/mol. The van der Waals surface area contributed by atoms with E-state index in [9.17, 15) is 9.18 Å². The first-order valence-electron chi connectivity index (χ1n) is 10.5. The van der Waals surface area contributed by atoms with E-state index in [-0.39, 0.29) is 5.69 Å². The third-order valence-corrected chi connectivity index (χ3v) is 5.55. The van der Waals surface area contributed by atoms with E-state index in [1.165, 1.54) is 24.4 Å². The summed E-state index contributed by atoms with van der Waals surface area (Å²) in [5, 5.41) is 3.21. The van der Waals surface area contributed by atoms with Gasteiger partial charge in [-0.05, 0) is 62.9 Å². The van der Waals surface area contributed by atoms with Gasteiger partial charge in [-0.1, -0.05) is 18.0 Å². The monoisotopic (exact) mass is 446 g/mol. The first-order chi connectivity index (χ1) is 14.9. The molecule has 3 N–H and O–H groups in total. The summed E-state index contributed by atoms with van der Waals surface area (Å²) >= 11 is 5.83. The van der Waals surface area contributed by atoms with Gasteiger partial charge < -0.3 is 15.8 Å². The molecule has 3 rings (SSSR count). The van der Waals surface area contributed by atoms with Gasteiger partial charge in [0, 0.05) is 37.1 Å². The van der Waals surface area contributed by atoms with Crippen molar-refractivity contribution in [3.8, 4) is 0 Å². The lowest BCUT2D eigenvalue weighted by atomic mass is 9.87. The topological polar surface area (TPSA) is 89.6 Å². The van der Waals surface area contributed by atoms with E-state index < -0.39 is 17.3 Å². The molecule has 166 valence electrons. The molecule has 0 radical (unpaired) electrons. The van der Waals surface area contributed by atoms with Crippen molar-refractivity contribution in [3.05, 3.63) is 58.6 Å². The van der Waals surface area contributed by atoms with Crippen LogP contribution >= 0.6 is 11.6 Å². The summed E-state index contributed by atoms with van der Waals surface area (Å²) in [6, 6.07) is 7.59. The standard InChI is InChI=1S/C23H28ClFN4O2/c1-23(11-5-13-31-12-4-2-3-6-21(26)29-23)18-14-17(8-9-19(18)25)28-22(30)20-10-7-16(24)15-27-20/h7-10,14-15H,2-6,11-13H2,1H3,(H2,26,29)(H,28,30). The molecule has 2 heterocycles. The van der Waals surface area contributed by atoms with E-state index >= 15 is 0 Å². The Balaban J connectivity index is 1.87. The Morgan fingerprint density at radius 2 is 2.00 bits per heavy atom. The first-order valence-corrected chi connectivity index (χ1v) is 10.9. The molecule has 1 aliphatic rings. The number of benzene rings is 1. The van der Waals surface area contributed by atoms with Gasteiger partial charge in [0.05, 0.1) is 16.4 Å². The van der Waals surface area contributed by atoms with Crippen LogP contribution in [0.1, 0.15) is 61.5 Å². The zero-order valence-corrected chi connectivity index (χ0v) is 18.4. The van der Waals surface area contributed by atoms with Gasteiger partial charge in [0.2, 0.25) is 0 Å². The van der Waals surface area contributed by atoms with Crippen molar-refractivity contribution in [1.29, 1.82) is 0 Å². The largest absolute Gasteiger partial charge is 0.387 e. The summed E-state index contributed by atoms with van der Waals surface area (Å²) in [4.78, 5) is 21.2. The molecule has 0 spiro atoms. The summed E-state index contributed by atoms with van der Waals surface area (Å²) < 4.78 is 20.6. The lowest BCUT2D eigenvalue weighted by molar-refractivity contribution is 0.102. The van der Waals surface area contributed by atoms with Gasteiger partial charge in [-0.25, -0.2) is 9.37 Å². The van der Waals surface area contributed by atoms with Crippen LogP contribution < -0.4 is 11.1 Å². The minimum atomic E-state index is -0.865. The van der Waals surface area contributed by atoms with E-state index in [4.69, 9.17) is 27.1 Å². The lowest BCUT2D eigenvalue weighted by Gasteiger charge is -2.28. The van der Waals surface area contributed by atoms with Crippen molar-refractivity contribution in [3.63, 3.8) is 0 Å². The number of anilines is 1. The lowest BCUT2D eigenvalue weighted by Crippen LogP contribution is -2.27. The van der Waals surface area contributed by atoms with Crippen LogP contribution in [0, 0.1) is 5.82 Å². The smallest absolute Gasteiger partial charge is 0.274 e. The molecule has 0 saturated heterocycles. The van der Waals surface area contributed by atoms with E-state index in [2.05, 4.69) is 10.3 Å². The fourth-order valence-electron chi connectivity index (χ4n) is 3.65. The number of hydrogen-bond acceptors (Lipinski definition) is 5. The number of carbonyl (C=O) groups is 1. The highest BCUT2D eigenvalue weighted by molar-refractivity contribution is 6.30. The highest BCUT2D eigenvalue weighted by Gasteiger charge is 2.30. The van der Waals surface area contributed by atoms with E-state index in [0.717, 1.165) is 32.3 Å². The number of ether oxygens (including phenoxy) is 1. The Hall–Kier alpha value is -2.51. The molecule has 0 fully saturated rings. The third kappa shape index (κ3) is 6.48. The van der Waals surface area contributed by atoms with Gasteiger partial charge in [0.15, 0.2) is 0 Å². The van der Waals surface area contributed by atoms with E-state index in [0.29, 0.717) is 41.6 Å². The zero-order valence-electron chi connectivity index (χ0n) is 17.7. The zero-order chi connectivity index (χ0) is 22.3. The van der Waals surface area contributed by atoms with E-state index in [1.807, 2.05) is 6.92 Å². The van der Waals surface area contributed by atoms with Crippen LogP contribution in [0.15, 0.2) is 41.5 Å². The molecule has 1 unspecified atom stereocenters. The summed E-state index contributed by atoms with van der Waals surface area (Å²) in [6.45, 7) is 3.18. The van der Waals surface area contributed by atoms with Gasteiger partial charge in [-0.15, -0.1) is 0 Å². The Morgan fingerprint density at radius 1 is 1.19 bits per heavy atom. The molecule has 2 aromatic rings. The number of nitrogens with two attached hydrogens (primary N) is 1. The molecular formula is C23H28ClFN4O2. The van der Waals surface area contributed by atoms with Crippen molar-refractivity contribution in [2.24, 2.45) is 10.7 Å². The average Bonchev–Trinajstić information content (AvgIpc) is 2.73. The van der Waals surface area contributed by atoms with Crippen LogP contribution in [0.2, 0.25) is 5.02 Å². The Morgan fingerprint density at radius 3 is 2.77 bits per heavy atom. The van der Waals surface area contributed by atoms with Crippen LogP contribution in [-0.2, 0) is 10.3 Å². The maximum Gasteiger partial charge on any atom is 0.274 e. The predicted octanol–water partition coefficient (Wildman–Crippen LogP) is 5.07. The molecule has 0 aliphatic carbocycles. The molecule has 8 heteroatoms. The third-order valence-electron chi connectivity index (χ3n) is 5.33. The van der Waals surface area contributed by atoms with Crippen molar-refractivity contribution in [1.82, 2.24) is 4.98 Å². The fourth-order valence-corrected chi connectivity index (χ4v) is 3.76. The average molecular weight is 447 g/mol. The fraction of sp³-hybridized carbons (Fsp3) is 0.435. The highest BCUT2D eigenvalue weighted by Crippen LogP contribution is 2.35. The maximum atomic E-state index is 14.9. The number of pyridine rings is 1. The first kappa shape index (κ1) is 23.2. The summed E-state index contributed by atoms with van der Waals surface area (Å²) in [5.41, 5.74) is 6.38. The quantitative estimate of drug-likeness (QED) is 0.688. The van der Waals surface area contributed by atoms with Gasteiger partial charge in [0.25, 0.3) is 5.91 Å². The minimum absolute atomic E-state index is 0.215. The number of carbonyl (C=O) groups excluding carboxylic acids is 1. The van der Waals surface area contributed by atoms with Crippen molar-refractivity contribution in [2.75, 3.05) is 18.5 Å². The molecule has 1 aliphatic heterocycles. The number of hydrogen-bond donors (Lipinski definition) is 2. The van der Waals surface area contributed by atoms with Crippen LogP contribution in [0.5, 0.6) is 0 Å². The summed E-state index contributed by atoms with van der Waals surface area (Å²) in [7, 11) is 0. The van der Waals surface area contributed by atoms with Crippen molar-refractivity contribution >= 4 is 29.0 Å². The second-order valence-corrected chi connectivity index (χ2v) is 8.35. The van der Waals surface area contributed by atoms with Crippen LogP contribution in [0.25, 0.3) is 0 Å². The number of aromatic nitrogens is 1. The van der Waals surface area contributed by atoms with E-state index in [1.54, 1.807) is 12.1 Å². The molecule has 1 amide bonds. The number of nitrogens with one attached hydrogen (secondary N) is 1. The number of amides is 1. The minimum Gasteiger partial charge on any atom is -0.387 e. The molecule has 6 nitrogen and oxygen atoms in total. The SMILES string of the molecule is CC1(c2cc(NC(=O)c3ccc(Cl)cn3)ccc2F)CCCOCCCCCC(N)=N1. The second-order valence-electron chi connectivity index (χ2n) is 7.91. The molecule has 0 bridgehead atoms. The number of aliphatic imine (C=N–C) groups is 1. The summed E-state index contributed by atoms with van der Waals surface area (Å²) in [5.74, 6) is -0.285. The number of halogens is 2. The second kappa shape index (κ2) is 10.7. The van der Waals surface area contributed by atoms with Crippen molar-refractivity contribution in [2.45, 2.75) is 51.0 Å². The number of amidine groups is 1. The molecule has 1 aromatic heterocycles. The highest BCUT2D eigenvalue weighted by atomic mass is 35.5. The molecule has 1 aromatic carbocycles. The molecule has 1 atom stereocenters. The summed E-state index contributed by atoms with van der Waals surface area (Å²) in [6.07, 6.45) is 6.29. The van der Waals surface area contributed by atoms with Gasteiger partial charge in [-0.2, -0.15) is 0 Å². The van der Waals surface area contributed by atoms with Crippen LogP contribution in [-0.4, -0.2) is 29.9 Å². The Bertz CT molecular complexity index is 936. The molecular weight excluding hydrogens is 419 g/mol. The van der Waals surface area contributed by atoms with Crippen LogP contribution in [0.4, 0.5) is 10.1 Å². The van der Waals surface area contributed by atoms with Crippen molar-refractivity contribution < 1.29 is 13.9 Å². The van der Waals surface area contributed by atoms with Gasteiger partial charge in [-0.3, -0.25) is 9.79 Å². The number of nitrogens with zero attached hydrogens (tertiary/aromatic N) is 2. The molecule has 31 heavy (non-hydrogen) atoms. The Kier molecular flexibility index (Phi) is 7.98. The maximum absolute atomic E-state index is 14.9. The normalized spacial score (nSPS) is 20.8. The molecule has 0 saturated carbocycles. The Labute approximate surface area is 187 Å². The number of rotatable bonds is 3.